The molecule has 0 aliphatic heterocycles. The largest absolute Gasteiger partial charge is 0.374 e. The van der Waals surface area contributed by atoms with E-state index < -0.39 is 0 Å². The molecule has 0 aliphatic carbocycles. The van der Waals surface area contributed by atoms with E-state index in [1.54, 1.807) is 0 Å². The van der Waals surface area contributed by atoms with Crippen molar-refractivity contribution < 1.29 is 4.74 Å². The fourth-order valence-electron chi connectivity index (χ4n) is 1.05. The van der Waals surface area contributed by atoms with Crippen molar-refractivity contribution >= 4 is 15.9 Å². The molecule has 0 atom stereocenters. The summed E-state index contributed by atoms with van der Waals surface area (Å²) >= 11 is 3.45. The number of halogens is 1. The molecule has 0 aliphatic rings. The van der Waals surface area contributed by atoms with Crippen molar-refractivity contribution in [3.63, 3.8) is 0 Å². The lowest BCUT2D eigenvalue weighted by atomic mass is 10.1. The van der Waals surface area contributed by atoms with Gasteiger partial charge in [-0.2, -0.15) is 0 Å². The maximum atomic E-state index is 5.54. The van der Waals surface area contributed by atoms with Gasteiger partial charge in [0, 0.05) is 4.47 Å². The molecule has 1 rings (SSSR count). The molecule has 13 heavy (non-hydrogen) atoms. The van der Waals surface area contributed by atoms with Crippen LogP contribution in [0.3, 0.4) is 0 Å². The Hall–Kier alpha value is -0.340. The Labute approximate surface area is 88.2 Å². The number of aryl methyl sites for hydroxylation is 1. The number of rotatable bonds is 3. The van der Waals surface area contributed by atoms with Crippen LogP contribution in [0.25, 0.3) is 0 Å². The maximum Gasteiger partial charge on any atom is 0.0723 e. The summed E-state index contributed by atoms with van der Waals surface area (Å²) < 4.78 is 6.65. The smallest absolute Gasteiger partial charge is 0.0723 e. The van der Waals surface area contributed by atoms with E-state index >= 15 is 0 Å². The Balaban J connectivity index is 2.70. The Morgan fingerprint density at radius 2 is 2.08 bits per heavy atom. The topological polar surface area (TPSA) is 9.23 Å². The minimum absolute atomic E-state index is 0.290. The molecule has 0 unspecified atom stereocenters. The van der Waals surface area contributed by atoms with Gasteiger partial charge in [0.25, 0.3) is 0 Å². The minimum atomic E-state index is 0.290. The zero-order valence-electron chi connectivity index (χ0n) is 8.30. The van der Waals surface area contributed by atoms with Crippen molar-refractivity contribution in [2.45, 2.75) is 33.5 Å². The van der Waals surface area contributed by atoms with Gasteiger partial charge in [0.05, 0.1) is 12.7 Å². The summed E-state index contributed by atoms with van der Waals surface area (Å²) in [5.41, 5.74) is 2.53. The lowest BCUT2D eigenvalue weighted by molar-refractivity contribution is 0.0654. The molecule has 0 fully saturated rings. The molecule has 1 nitrogen and oxygen atoms in total. The first-order chi connectivity index (χ1) is 6.09. The standard InChI is InChI=1S/C11H15BrO/c1-8(2)13-7-10-6-11(12)5-4-9(10)3/h4-6,8H,7H2,1-3H3. The summed E-state index contributed by atoms with van der Waals surface area (Å²) in [6.07, 6.45) is 0.290. The van der Waals surface area contributed by atoms with Crippen LogP contribution in [-0.4, -0.2) is 6.10 Å². The molecule has 0 amide bonds. The van der Waals surface area contributed by atoms with Gasteiger partial charge in [-0.25, -0.2) is 0 Å². The summed E-state index contributed by atoms with van der Waals surface area (Å²) in [7, 11) is 0. The van der Waals surface area contributed by atoms with Crippen LogP contribution in [0.2, 0.25) is 0 Å². The van der Waals surface area contributed by atoms with Crippen LogP contribution >= 0.6 is 15.9 Å². The monoisotopic (exact) mass is 242 g/mol. The molecule has 0 spiro atoms. The molecule has 0 saturated heterocycles. The molecule has 72 valence electrons. The third-order valence-electron chi connectivity index (χ3n) is 1.88. The van der Waals surface area contributed by atoms with E-state index in [1.807, 2.05) is 19.9 Å². The number of ether oxygens (including phenoxy) is 1. The van der Waals surface area contributed by atoms with Crippen LogP contribution in [0.1, 0.15) is 25.0 Å². The van der Waals surface area contributed by atoms with Crippen LogP contribution in [-0.2, 0) is 11.3 Å². The highest BCUT2D eigenvalue weighted by Gasteiger charge is 2.00. The summed E-state index contributed by atoms with van der Waals surface area (Å²) in [4.78, 5) is 0. The van der Waals surface area contributed by atoms with Crippen molar-refractivity contribution in [3.8, 4) is 0 Å². The van der Waals surface area contributed by atoms with Gasteiger partial charge in [0.1, 0.15) is 0 Å². The predicted molar refractivity (Wildman–Crippen MR) is 58.8 cm³/mol. The molecule has 0 saturated carbocycles. The predicted octanol–water partition coefficient (Wildman–Crippen LogP) is 3.68. The van der Waals surface area contributed by atoms with E-state index in [0.717, 1.165) is 4.47 Å². The second-order valence-corrected chi connectivity index (χ2v) is 4.35. The van der Waals surface area contributed by atoms with Gasteiger partial charge in [0.15, 0.2) is 0 Å². The lowest BCUT2D eigenvalue weighted by Gasteiger charge is -2.10. The highest BCUT2D eigenvalue weighted by molar-refractivity contribution is 9.10. The van der Waals surface area contributed by atoms with Gasteiger partial charge in [-0.15, -0.1) is 0 Å². The van der Waals surface area contributed by atoms with E-state index in [9.17, 15) is 0 Å². The summed E-state index contributed by atoms with van der Waals surface area (Å²) in [5, 5.41) is 0. The van der Waals surface area contributed by atoms with Gasteiger partial charge in [-0.3, -0.25) is 0 Å². The highest BCUT2D eigenvalue weighted by Crippen LogP contribution is 2.17. The van der Waals surface area contributed by atoms with Crippen molar-refractivity contribution in [1.82, 2.24) is 0 Å². The first kappa shape index (κ1) is 10.7. The molecular formula is C11H15BrO. The van der Waals surface area contributed by atoms with Gasteiger partial charge >= 0.3 is 0 Å². The van der Waals surface area contributed by atoms with E-state index in [4.69, 9.17) is 4.74 Å². The van der Waals surface area contributed by atoms with Gasteiger partial charge in [0.2, 0.25) is 0 Å². The lowest BCUT2D eigenvalue weighted by Crippen LogP contribution is -2.03. The summed E-state index contributed by atoms with van der Waals surface area (Å²) in [6.45, 7) is 6.90. The molecular weight excluding hydrogens is 228 g/mol. The fraction of sp³-hybridized carbons (Fsp3) is 0.455. The van der Waals surface area contributed by atoms with Crippen LogP contribution in [0, 0.1) is 6.92 Å². The van der Waals surface area contributed by atoms with Crippen LogP contribution in [0.4, 0.5) is 0 Å². The Morgan fingerprint density at radius 3 is 2.69 bits per heavy atom. The number of hydrogen-bond donors (Lipinski definition) is 0. The van der Waals surface area contributed by atoms with Gasteiger partial charge in [-0.1, -0.05) is 22.0 Å². The maximum absolute atomic E-state index is 5.54. The molecule has 0 aromatic heterocycles. The minimum Gasteiger partial charge on any atom is -0.374 e. The first-order valence-corrected chi connectivity index (χ1v) is 5.25. The van der Waals surface area contributed by atoms with Crippen molar-refractivity contribution in [3.05, 3.63) is 33.8 Å². The second kappa shape index (κ2) is 4.77. The van der Waals surface area contributed by atoms with Gasteiger partial charge < -0.3 is 4.74 Å². The molecule has 0 bridgehead atoms. The zero-order chi connectivity index (χ0) is 9.84. The average Bonchev–Trinajstić information content (AvgIpc) is 2.06. The first-order valence-electron chi connectivity index (χ1n) is 4.46. The molecule has 0 N–H and O–H groups in total. The van der Waals surface area contributed by atoms with E-state index in [-0.39, 0.29) is 0 Å². The normalized spacial score (nSPS) is 10.8. The van der Waals surface area contributed by atoms with Crippen molar-refractivity contribution in [2.24, 2.45) is 0 Å². The van der Waals surface area contributed by atoms with E-state index in [0.29, 0.717) is 12.7 Å². The SMILES string of the molecule is Cc1ccc(Br)cc1COC(C)C. The molecule has 2 heteroatoms. The summed E-state index contributed by atoms with van der Waals surface area (Å²) in [5.74, 6) is 0. The molecule has 0 heterocycles. The summed E-state index contributed by atoms with van der Waals surface area (Å²) in [6, 6.07) is 6.26. The molecule has 1 aromatic rings. The van der Waals surface area contributed by atoms with Crippen LogP contribution in [0.5, 0.6) is 0 Å². The van der Waals surface area contributed by atoms with E-state index in [2.05, 4.69) is 35.0 Å². The van der Waals surface area contributed by atoms with E-state index in [1.165, 1.54) is 11.1 Å². The molecule has 1 aromatic carbocycles. The third-order valence-corrected chi connectivity index (χ3v) is 2.38. The quantitative estimate of drug-likeness (QED) is 0.786. The third kappa shape index (κ3) is 3.49. The second-order valence-electron chi connectivity index (χ2n) is 3.43. The average molecular weight is 243 g/mol. The fourth-order valence-corrected chi connectivity index (χ4v) is 1.46. The molecule has 0 radical (unpaired) electrons. The van der Waals surface area contributed by atoms with Crippen LogP contribution in [0.15, 0.2) is 22.7 Å². The Morgan fingerprint density at radius 1 is 1.38 bits per heavy atom. The van der Waals surface area contributed by atoms with Gasteiger partial charge in [-0.05, 0) is 44.0 Å². The Bertz CT molecular complexity index is 281. The van der Waals surface area contributed by atoms with Crippen LogP contribution < -0.4 is 0 Å². The zero-order valence-corrected chi connectivity index (χ0v) is 9.89. The Kier molecular flexibility index (Phi) is 3.94. The van der Waals surface area contributed by atoms with Crippen molar-refractivity contribution in [2.75, 3.05) is 0 Å². The van der Waals surface area contributed by atoms with Crippen molar-refractivity contribution in [1.29, 1.82) is 0 Å². The number of benzene rings is 1. The highest BCUT2D eigenvalue weighted by atomic mass is 79.9. The number of hydrogen-bond acceptors (Lipinski definition) is 1.